The van der Waals surface area contributed by atoms with Crippen LogP contribution in [0.3, 0.4) is 0 Å². The molecule has 0 unspecified atom stereocenters. The second-order valence-corrected chi connectivity index (χ2v) is 4.94. The number of hydrogen-bond acceptors (Lipinski definition) is 6. The van der Waals surface area contributed by atoms with Crippen LogP contribution in [0.1, 0.15) is 6.42 Å². The van der Waals surface area contributed by atoms with Crippen molar-refractivity contribution in [3.05, 3.63) is 34.4 Å². The molecule has 2 N–H and O–H groups in total. The molecular weight excluding hydrogens is 300 g/mol. The zero-order chi connectivity index (χ0) is 15.8. The number of nitro benzene ring substituents is 1. The third-order valence-electron chi connectivity index (χ3n) is 2.46. The molecule has 1 aromatic rings. The first-order valence-corrected chi connectivity index (χ1v) is 7.28. The van der Waals surface area contributed by atoms with Crippen LogP contribution in [0.15, 0.2) is 24.3 Å². The number of carboxylic acid groups (broad SMARTS) is 1. The molecule has 1 rings (SSSR count). The minimum atomic E-state index is -1.15. The standard InChI is InChI=1S/C12H14N2O6S/c1-21-7-6-10(11(15)16)13-12(17)20-9-4-2-8(3-5-9)14(18)19/h2-5,10H,6-7H2,1H3,(H,13,17)(H,15,16)/t10-/m0/s1. The number of aliphatic carboxylic acids is 1. The number of non-ortho nitro benzene ring substituents is 1. The van der Waals surface area contributed by atoms with Gasteiger partial charge >= 0.3 is 12.1 Å². The van der Waals surface area contributed by atoms with Crippen molar-refractivity contribution in [1.82, 2.24) is 5.32 Å². The van der Waals surface area contributed by atoms with Gasteiger partial charge in [0, 0.05) is 12.1 Å². The first-order valence-electron chi connectivity index (χ1n) is 5.88. The van der Waals surface area contributed by atoms with Gasteiger partial charge in [0.15, 0.2) is 0 Å². The van der Waals surface area contributed by atoms with Crippen LogP contribution in [0.2, 0.25) is 0 Å². The van der Waals surface area contributed by atoms with E-state index in [1.165, 1.54) is 36.0 Å². The molecule has 1 amide bonds. The molecule has 0 saturated carbocycles. The summed E-state index contributed by atoms with van der Waals surface area (Å²) in [5, 5.41) is 21.7. The van der Waals surface area contributed by atoms with Crippen molar-refractivity contribution in [1.29, 1.82) is 0 Å². The fourth-order valence-corrected chi connectivity index (χ4v) is 1.88. The number of thioether (sulfide) groups is 1. The molecule has 0 heterocycles. The number of nitrogens with one attached hydrogen (secondary N) is 1. The summed E-state index contributed by atoms with van der Waals surface area (Å²) in [5.41, 5.74) is -0.133. The number of hydrogen-bond donors (Lipinski definition) is 2. The van der Waals surface area contributed by atoms with E-state index in [0.717, 1.165) is 0 Å². The van der Waals surface area contributed by atoms with E-state index < -0.39 is 23.0 Å². The van der Waals surface area contributed by atoms with Crippen molar-refractivity contribution in [2.45, 2.75) is 12.5 Å². The lowest BCUT2D eigenvalue weighted by atomic mass is 10.2. The van der Waals surface area contributed by atoms with Gasteiger partial charge in [-0.1, -0.05) is 0 Å². The predicted molar refractivity (Wildman–Crippen MR) is 76.7 cm³/mol. The van der Waals surface area contributed by atoms with Gasteiger partial charge in [-0.15, -0.1) is 0 Å². The third kappa shape index (κ3) is 5.69. The minimum absolute atomic E-state index is 0.0899. The molecule has 1 atom stereocenters. The number of carboxylic acids is 1. The summed E-state index contributed by atoms with van der Waals surface area (Å²) in [6.45, 7) is 0. The first-order chi connectivity index (χ1) is 9.93. The smallest absolute Gasteiger partial charge is 0.413 e. The number of ether oxygens (including phenoxy) is 1. The maximum Gasteiger partial charge on any atom is 0.413 e. The summed E-state index contributed by atoms with van der Waals surface area (Å²) >= 11 is 1.46. The Hall–Kier alpha value is -2.29. The Balaban J connectivity index is 2.59. The molecule has 21 heavy (non-hydrogen) atoms. The fourth-order valence-electron chi connectivity index (χ4n) is 1.41. The quantitative estimate of drug-likeness (QED) is 0.582. The molecule has 114 valence electrons. The molecule has 0 aliphatic rings. The SMILES string of the molecule is CSCC[C@H](NC(=O)Oc1ccc([N+](=O)[O-])cc1)C(=O)O. The van der Waals surface area contributed by atoms with E-state index >= 15 is 0 Å². The molecule has 0 aromatic heterocycles. The number of carbonyl (C=O) groups is 2. The van der Waals surface area contributed by atoms with Crippen LogP contribution in [0.4, 0.5) is 10.5 Å². The van der Waals surface area contributed by atoms with E-state index in [1.54, 1.807) is 0 Å². The van der Waals surface area contributed by atoms with E-state index in [1.807, 2.05) is 6.26 Å². The van der Waals surface area contributed by atoms with Crippen molar-refractivity contribution in [3.63, 3.8) is 0 Å². The van der Waals surface area contributed by atoms with Gasteiger partial charge in [-0.05, 0) is 30.6 Å². The van der Waals surface area contributed by atoms with Crippen LogP contribution in [0.5, 0.6) is 5.75 Å². The number of rotatable bonds is 7. The van der Waals surface area contributed by atoms with Gasteiger partial charge < -0.3 is 15.2 Å². The molecule has 0 aliphatic heterocycles. The zero-order valence-corrected chi connectivity index (χ0v) is 12.0. The van der Waals surface area contributed by atoms with Gasteiger partial charge in [0.05, 0.1) is 4.92 Å². The van der Waals surface area contributed by atoms with Gasteiger partial charge in [0.1, 0.15) is 11.8 Å². The Bertz CT molecular complexity index is 519. The van der Waals surface area contributed by atoms with E-state index in [-0.39, 0.29) is 17.9 Å². The largest absolute Gasteiger partial charge is 0.480 e. The molecule has 1 aromatic carbocycles. The number of nitro groups is 1. The Labute approximate surface area is 124 Å². The summed E-state index contributed by atoms with van der Waals surface area (Å²) in [6.07, 6.45) is 1.18. The average molecular weight is 314 g/mol. The van der Waals surface area contributed by atoms with Crippen molar-refractivity contribution in [3.8, 4) is 5.75 Å². The summed E-state index contributed by atoms with van der Waals surface area (Å²) < 4.78 is 4.87. The van der Waals surface area contributed by atoms with E-state index in [0.29, 0.717) is 5.75 Å². The highest BCUT2D eigenvalue weighted by Gasteiger charge is 2.20. The minimum Gasteiger partial charge on any atom is -0.480 e. The third-order valence-corrected chi connectivity index (χ3v) is 3.10. The average Bonchev–Trinajstić information content (AvgIpc) is 2.43. The zero-order valence-electron chi connectivity index (χ0n) is 11.1. The summed E-state index contributed by atoms with van der Waals surface area (Å²) in [7, 11) is 0. The molecule has 0 fully saturated rings. The summed E-state index contributed by atoms with van der Waals surface area (Å²) in [6, 6.07) is 3.85. The Morgan fingerprint density at radius 3 is 2.52 bits per heavy atom. The second kappa shape index (κ2) is 8.10. The van der Waals surface area contributed by atoms with E-state index in [9.17, 15) is 19.7 Å². The molecule has 9 heteroatoms. The van der Waals surface area contributed by atoms with E-state index in [2.05, 4.69) is 5.32 Å². The van der Waals surface area contributed by atoms with Crippen molar-refractivity contribution in [2.75, 3.05) is 12.0 Å². The highest BCUT2D eigenvalue weighted by Crippen LogP contribution is 2.17. The van der Waals surface area contributed by atoms with Gasteiger partial charge in [-0.3, -0.25) is 10.1 Å². The lowest BCUT2D eigenvalue weighted by Crippen LogP contribution is -2.42. The van der Waals surface area contributed by atoms with Crippen LogP contribution in [-0.4, -0.2) is 40.1 Å². The Kier molecular flexibility index (Phi) is 6.47. The number of benzene rings is 1. The normalized spacial score (nSPS) is 11.5. The fraction of sp³-hybridized carbons (Fsp3) is 0.333. The van der Waals surface area contributed by atoms with E-state index in [4.69, 9.17) is 9.84 Å². The van der Waals surface area contributed by atoms with Crippen LogP contribution >= 0.6 is 11.8 Å². The molecule has 0 bridgehead atoms. The van der Waals surface area contributed by atoms with Crippen molar-refractivity contribution in [2.24, 2.45) is 0 Å². The molecule has 0 aliphatic carbocycles. The Morgan fingerprint density at radius 2 is 2.05 bits per heavy atom. The Morgan fingerprint density at radius 1 is 1.43 bits per heavy atom. The second-order valence-electron chi connectivity index (χ2n) is 3.96. The molecular formula is C12H14N2O6S. The van der Waals surface area contributed by atoms with Gasteiger partial charge in [0.2, 0.25) is 0 Å². The van der Waals surface area contributed by atoms with Crippen LogP contribution in [0, 0.1) is 10.1 Å². The first kappa shape index (κ1) is 16.8. The van der Waals surface area contributed by atoms with Crippen LogP contribution in [-0.2, 0) is 4.79 Å². The topological polar surface area (TPSA) is 119 Å². The van der Waals surface area contributed by atoms with Crippen molar-refractivity contribution < 1.29 is 24.4 Å². The lowest BCUT2D eigenvalue weighted by molar-refractivity contribution is -0.384. The van der Waals surface area contributed by atoms with Crippen molar-refractivity contribution >= 4 is 29.5 Å². The van der Waals surface area contributed by atoms with Crippen LogP contribution < -0.4 is 10.1 Å². The number of amides is 1. The lowest BCUT2D eigenvalue weighted by Gasteiger charge is -2.13. The molecule has 0 spiro atoms. The highest BCUT2D eigenvalue weighted by atomic mass is 32.2. The maximum atomic E-state index is 11.6. The highest BCUT2D eigenvalue weighted by molar-refractivity contribution is 7.98. The van der Waals surface area contributed by atoms with Gasteiger partial charge in [-0.2, -0.15) is 11.8 Å². The van der Waals surface area contributed by atoms with Gasteiger partial charge in [-0.25, -0.2) is 9.59 Å². The monoisotopic (exact) mass is 314 g/mol. The molecule has 8 nitrogen and oxygen atoms in total. The van der Waals surface area contributed by atoms with Gasteiger partial charge in [0.25, 0.3) is 5.69 Å². The molecule has 0 radical (unpaired) electrons. The number of nitrogens with zero attached hydrogens (tertiary/aromatic N) is 1. The van der Waals surface area contributed by atoms with Crippen LogP contribution in [0.25, 0.3) is 0 Å². The summed E-state index contributed by atoms with van der Waals surface area (Å²) in [4.78, 5) is 32.4. The summed E-state index contributed by atoms with van der Waals surface area (Å²) in [5.74, 6) is -0.480. The number of carbonyl (C=O) groups excluding carboxylic acids is 1. The molecule has 0 saturated heterocycles. The predicted octanol–water partition coefficient (Wildman–Crippen LogP) is 1.89. The maximum absolute atomic E-state index is 11.6.